The molecule has 0 aromatic carbocycles. The summed E-state index contributed by atoms with van der Waals surface area (Å²) in [5.74, 6) is 0. The van der Waals surface area contributed by atoms with Gasteiger partial charge in [-0.05, 0) is 52.0 Å². The molecule has 0 amide bonds. The van der Waals surface area contributed by atoms with E-state index in [4.69, 9.17) is 5.73 Å². The van der Waals surface area contributed by atoms with Crippen molar-refractivity contribution in [1.82, 2.24) is 10.6 Å². The second kappa shape index (κ2) is 24.5. The smallest absolute Gasteiger partial charge is 0.00368 e. The average Bonchev–Trinajstić information content (AvgIpc) is 2.10. The summed E-state index contributed by atoms with van der Waals surface area (Å²) in [7, 11) is 0. The zero-order valence-corrected chi connectivity index (χ0v) is 14.6. The summed E-state index contributed by atoms with van der Waals surface area (Å²) in [6.45, 7) is 7.39. The van der Waals surface area contributed by atoms with E-state index in [-0.39, 0.29) is 50.9 Å². The highest BCUT2D eigenvalue weighted by Gasteiger charge is 1.87. The van der Waals surface area contributed by atoms with Crippen molar-refractivity contribution in [2.24, 2.45) is 5.73 Å². The van der Waals surface area contributed by atoms with Crippen molar-refractivity contribution in [1.29, 1.82) is 0 Å². The van der Waals surface area contributed by atoms with Gasteiger partial charge < -0.3 is 16.4 Å². The molecule has 0 heterocycles. The van der Waals surface area contributed by atoms with Crippen molar-refractivity contribution in [2.45, 2.75) is 26.2 Å². The van der Waals surface area contributed by atoms with E-state index in [9.17, 15) is 0 Å². The maximum atomic E-state index is 5.37. The van der Waals surface area contributed by atoms with E-state index >= 15 is 0 Å². The van der Waals surface area contributed by atoms with Crippen LogP contribution in [-0.2, 0) is 0 Å². The van der Waals surface area contributed by atoms with Gasteiger partial charge in [0.25, 0.3) is 0 Å². The second-order valence-corrected chi connectivity index (χ2v) is 2.95. The lowest BCUT2D eigenvalue weighted by Crippen LogP contribution is -2.22. The first kappa shape index (κ1) is 25.2. The van der Waals surface area contributed by atoms with Gasteiger partial charge in [-0.25, -0.2) is 0 Å². The number of nitrogens with two attached hydrogens (primary N) is 1. The minimum absolute atomic E-state index is 0. The summed E-state index contributed by atoms with van der Waals surface area (Å²) < 4.78 is 0. The lowest BCUT2D eigenvalue weighted by molar-refractivity contribution is 0.583. The molecule has 0 aromatic heterocycles. The molecule has 0 aliphatic carbocycles. The summed E-state index contributed by atoms with van der Waals surface area (Å²) in [5, 5.41) is 6.67. The minimum Gasteiger partial charge on any atom is -0.330 e. The van der Waals surface area contributed by atoms with Gasteiger partial charge in [-0.15, -0.1) is 50.9 Å². The second-order valence-electron chi connectivity index (χ2n) is 2.95. The van der Waals surface area contributed by atoms with E-state index in [2.05, 4.69) is 17.6 Å². The highest BCUT2D eigenvalue weighted by atomic mass is 79.9. The molecule has 0 aromatic rings. The zero-order valence-electron chi connectivity index (χ0n) is 9.46. The summed E-state index contributed by atoms with van der Waals surface area (Å²) in [6.07, 6.45) is 3.56. The lowest BCUT2D eigenvalue weighted by atomic mass is 10.3. The number of hydrogen-bond donors (Lipinski definition) is 3. The quantitative estimate of drug-likeness (QED) is 0.505. The normalized spacial score (nSPS) is 8.40. The van der Waals surface area contributed by atoms with Crippen LogP contribution in [0, 0.1) is 0 Å². The van der Waals surface area contributed by atoms with Crippen molar-refractivity contribution in [2.75, 3.05) is 32.7 Å². The van der Waals surface area contributed by atoms with Crippen molar-refractivity contribution in [3.8, 4) is 0 Å². The molecule has 0 aliphatic rings. The molecule has 6 heteroatoms. The van der Waals surface area contributed by atoms with Gasteiger partial charge in [-0.1, -0.05) is 6.92 Å². The Bertz CT molecular complexity index is 77.0. The molecule has 0 radical (unpaired) electrons. The van der Waals surface area contributed by atoms with E-state index in [0.717, 1.165) is 39.1 Å². The van der Waals surface area contributed by atoms with Crippen LogP contribution in [0.25, 0.3) is 0 Å². The third-order valence-corrected chi connectivity index (χ3v) is 1.76. The number of rotatable bonds is 9. The monoisotopic (exact) mass is 413 g/mol. The molecule has 0 aliphatic heterocycles. The number of halogens is 3. The Labute approximate surface area is 126 Å². The molecular weight excluding hydrogens is 390 g/mol. The van der Waals surface area contributed by atoms with Gasteiger partial charge in [0.1, 0.15) is 0 Å². The Morgan fingerprint density at radius 1 is 0.800 bits per heavy atom. The molecule has 0 rings (SSSR count). The van der Waals surface area contributed by atoms with Crippen LogP contribution in [0.1, 0.15) is 26.2 Å². The first-order valence-electron chi connectivity index (χ1n) is 5.03. The topological polar surface area (TPSA) is 50.1 Å². The Morgan fingerprint density at radius 3 is 1.87 bits per heavy atom. The molecule has 0 unspecified atom stereocenters. The number of nitrogens with one attached hydrogen (secondary N) is 2. The van der Waals surface area contributed by atoms with E-state index < -0.39 is 0 Å². The largest absolute Gasteiger partial charge is 0.330 e. The molecule has 15 heavy (non-hydrogen) atoms. The van der Waals surface area contributed by atoms with E-state index in [1.165, 1.54) is 12.8 Å². The standard InChI is InChI=1S/C9H23N3.3BrH/c1-2-11-8-5-9-12-7-4-3-6-10;;;/h11-12H,2-10H2,1H3;3*1H. The Hall–Kier alpha value is 1.32. The van der Waals surface area contributed by atoms with Crippen LogP contribution in [0.2, 0.25) is 0 Å². The van der Waals surface area contributed by atoms with Gasteiger partial charge in [0.15, 0.2) is 0 Å². The molecule has 0 spiro atoms. The van der Waals surface area contributed by atoms with Crippen LogP contribution < -0.4 is 16.4 Å². The van der Waals surface area contributed by atoms with Crippen LogP contribution in [0.4, 0.5) is 0 Å². The fourth-order valence-electron chi connectivity index (χ4n) is 1.03. The van der Waals surface area contributed by atoms with Gasteiger partial charge in [0.2, 0.25) is 0 Å². The molecule has 98 valence electrons. The number of unbranched alkanes of at least 4 members (excludes halogenated alkanes) is 1. The predicted octanol–water partition coefficient (Wildman–Crippen LogP) is 2.05. The van der Waals surface area contributed by atoms with Crippen LogP contribution in [0.3, 0.4) is 0 Å². The van der Waals surface area contributed by atoms with Crippen LogP contribution in [0.5, 0.6) is 0 Å². The van der Waals surface area contributed by atoms with Gasteiger partial charge in [0, 0.05) is 0 Å². The zero-order chi connectivity index (χ0) is 9.07. The summed E-state index contributed by atoms with van der Waals surface area (Å²) in [6, 6.07) is 0. The van der Waals surface area contributed by atoms with E-state index in [0.29, 0.717) is 0 Å². The number of hydrogen-bond acceptors (Lipinski definition) is 3. The predicted molar refractivity (Wildman–Crippen MR) is 85.3 cm³/mol. The van der Waals surface area contributed by atoms with E-state index in [1.54, 1.807) is 0 Å². The molecule has 4 N–H and O–H groups in total. The first-order valence-corrected chi connectivity index (χ1v) is 5.03. The summed E-state index contributed by atoms with van der Waals surface area (Å²) in [5.41, 5.74) is 5.37. The first-order chi connectivity index (χ1) is 5.91. The molecule has 0 bridgehead atoms. The minimum atomic E-state index is 0. The summed E-state index contributed by atoms with van der Waals surface area (Å²) >= 11 is 0. The summed E-state index contributed by atoms with van der Waals surface area (Å²) in [4.78, 5) is 0. The van der Waals surface area contributed by atoms with Crippen LogP contribution in [0.15, 0.2) is 0 Å². The Balaban J connectivity index is -0.000000202. The third-order valence-electron chi connectivity index (χ3n) is 1.76. The Kier molecular flexibility index (Phi) is 41.2. The Morgan fingerprint density at radius 2 is 1.33 bits per heavy atom. The third kappa shape index (κ3) is 25.5. The van der Waals surface area contributed by atoms with Gasteiger partial charge in [0.05, 0.1) is 0 Å². The van der Waals surface area contributed by atoms with Gasteiger partial charge in [-0.2, -0.15) is 0 Å². The molecule has 0 saturated heterocycles. The average molecular weight is 416 g/mol. The molecule has 3 nitrogen and oxygen atoms in total. The van der Waals surface area contributed by atoms with Crippen molar-refractivity contribution in [3.63, 3.8) is 0 Å². The van der Waals surface area contributed by atoms with E-state index in [1.807, 2.05) is 0 Å². The van der Waals surface area contributed by atoms with Crippen LogP contribution in [-0.4, -0.2) is 32.7 Å². The maximum absolute atomic E-state index is 5.37. The molecular formula is C9H26Br3N3. The van der Waals surface area contributed by atoms with Crippen molar-refractivity contribution in [3.05, 3.63) is 0 Å². The molecule has 0 fully saturated rings. The van der Waals surface area contributed by atoms with Crippen LogP contribution >= 0.6 is 50.9 Å². The molecule has 0 saturated carbocycles. The fourth-order valence-corrected chi connectivity index (χ4v) is 1.03. The SMILES string of the molecule is Br.Br.Br.CCNCCCNCCCCN. The van der Waals surface area contributed by atoms with Gasteiger partial charge >= 0.3 is 0 Å². The maximum Gasteiger partial charge on any atom is -0.00368 e. The van der Waals surface area contributed by atoms with Crippen molar-refractivity contribution < 1.29 is 0 Å². The lowest BCUT2D eigenvalue weighted by Gasteiger charge is -2.03. The highest BCUT2D eigenvalue weighted by molar-refractivity contribution is 8.93. The highest BCUT2D eigenvalue weighted by Crippen LogP contribution is 1.82. The fraction of sp³-hybridized carbons (Fsp3) is 1.00. The van der Waals surface area contributed by atoms with Crippen molar-refractivity contribution >= 4 is 50.9 Å². The van der Waals surface area contributed by atoms with Gasteiger partial charge in [-0.3, -0.25) is 0 Å². The molecule has 0 atom stereocenters.